The van der Waals surface area contributed by atoms with Gasteiger partial charge in [-0.3, -0.25) is 9.69 Å². The number of aryl methyl sites for hydroxylation is 2. The molecule has 0 bridgehead atoms. The number of carbonyl (C=O) groups excluding carboxylic acids is 1. The van der Waals surface area contributed by atoms with Crippen LogP contribution < -0.4 is 10.6 Å². The van der Waals surface area contributed by atoms with Crippen molar-refractivity contribution in [3.8, 4) is 11.1 Å². The number of aromatic amines is 1. The first-order valence-electron chi connectivity index (χ1n) is 13.8. The third-order valence-electron chi connectivity index (χ3n) is 6.92. The van der Waals surface area contributed by atoms with Crippen molar-refractivity contribution in [1.29, 1.82) is 0 Å². The van der Waals surface area contributed by atoms with Crippen LogP contribution in [0.25, 0.3) is 22.2 Å². The van der Waals surface area contributed by atoms with Crippen LogP contribution in [0.15, 0.2) is 54.7 Å². The van der Waals surface area contributed by atoms with Crippen LogP contribution in [0.3, 0.4) is 0 Å². The predicted octanol–water partition coefficient (Wildman–Crippen LogP) is 6.70. The molecule has 5 rings (SSSR count). The van der Waals surface area contributed by atoms with Crippen molar-refractivity contribution < 1.29 is 22.4 Å². The molecule has 3 heterocycles. The normalized spacial score (nSPS) is 14.0. The summed E-state index contributed by atoms with van der Waals surface area (Å²) < 4.78 is 56.2. The maximum Gasteiger partial charge on any atom is 0.416 e. The first-order valence-corrected chi connectivity index (χ1v) is 13.8. The molecule has 0 saturated carbocycles. The fourth-order valence-corrected chi connectivity index (χ4v) is 4.88. The fourth-order valence-electron chi connectivity index (χ4n) is 4.88. The zero-order chi connectivity index (χ0) is 29.6. The van der Waals surface area contributed by atoms with Gasteiger partial charge < -0.3 is 15.6 Å². The second kappa shape index (κ2) is 13.3. The summed E-state index contributed by atoms with van der Waals surface area (Å²) >= 11 is 0. The van der Waals surface area contributed by atoms with Crippen molar-refractivity contribution in [2.75, 3.05) is 31.5 Å². The van der Waals surface area contributed by atoms with Gasteiger partial charge >= 0.3 is 6.18 Å². The number of alkyl halides is 3. The number of hydrogen-bond acceptors (Lipinski definition) is 4. The number of aromatic nitrogens is 2. The molecule has 1 aliphatic heterocycles. The van der Waals surface area contributed by atoms with Crippen LogP contribution in [0.2, 0.25) is 0 Å². The van der Waals surface area contributed by atoms with Gasteiger partial charge in [0.15, 0.2) is 0 Å². The molecule has 2 aromatic heterocycles. The Morgan fingerprint density at radius 2 is 1.73 bits per heavy atom. The van der Waals surface area contributed by atoms with E-state index in [1.807, 2.05) is 37.8 Å². The van der Waals surface area contributed by atoms with E-state index in [9.17, 15) is 22.4 Å². The van der Waals surface area contributed by atoms with Gasteiger partial charge in [-0.15, -0.1) is 0 Å². The van der Waals surface area contributed by atoms with E-state index in [4.69, 9.17) is 0 Å². The van der Waals surface area contributed by atoms with Gasteiger partial charge in [0.2, 0.25) is 5.91 Å². The molecule has 0 unspecified atom stereocenters. The molecule has 4 aromatic rings. The van der Waals surface area contributed by atoms with Crippen LogP contribution in [-0.4, -0.2) is 47.0 Å². The van der Waals surface area contributed by atoms with Crippen LogP contribution >= 0.6 is 0 Å². The molecule has 1 fully saturated rings. The van der Waals surface area contributed by atoms with Crippen LogP contribution in [-0.2, 0) is 23.9 Å². The van der Waals surface area contributed by atoms with E-state index in [0.717, 1.165) is 41.4 Å². The second-order valence-corrected chi connectivity index (χ2v) is 9.86. The monoisotopic (exact) mass is 569 g/mol. The number of halogens is 4. The van der Waals surface area contributed by atoms with Gasteiger partial charge in [-0.25, -0.2) is 9.37 Å². The molecule has 1 aliphatic rings. The van der Waals surface area contributed by atoms with E-state index >= 15 is 0 Å². The van der Waals surface area contributed by atoms with Gasteiger partial charge in [0.1, 0.15) is 11.5 Å². The highest BCUT2D eigenvalue weighted by Gasteiger charge is 2.34. The molecule has 1 saturated heterocycles. The highest BCUT2D eigenvalue weighted by Crippen LogP contribution is 2.34. The number of fused-ring (bicyclic) bond motifs is 1. The van der Waals surface area contributed by atoms with Crippen LogP contribution in [0, 0.1) is 12.7 Å². The van der Waals surface area contributed by atoms with Gasteiger partial charge in [-0.1, -0.05) is 32.0 Å². The highest BCUT2D eigenvalue weighted by molar-refractivity contribution is 5.91. The van der Waals surface area contributed by atoms with Crippen molar-refractivity contribution in [2.45, 2.75) is 46.3 Å². The molecule has 1 amide bonds. The molecule has 10 heteroatoms. The number of amides is 1. The van der Waals surface area contributed by atoms with Crippen molar-refractivity contribution in [2.24, 2.45) is 0 Å². The Morgan fingerprint density at radius 3 is 2.44 bits per heavy atom. The summed E-state index contributed by atoms with van der Waals surface area (Å²) in [5.41, 5.74) is 3.00. The Morgan fingerprint density at radius 1 is 1.00 bits per heavy atom. The summed E-state index contributed by atoms with van der Waals surface area (Å²) in [5, 5.41) is 6.64. The average Bonchev–Trinajstić information content (AvgIpc) is 3.33. The average molecular weight is 570 g/mol. The van der Waals surface area contributed by atoms with Crippen molar-refractivity contribution in [1.82, 2.24) is 20.2 Å². The first kappa shape index (κ1) is 30.2. The standard InChI is InChI=1S/C29H29F4N5O.C2H6/c1-18-12-22-13-23(16-35-28(22)36-18)20-3-2-19(26(30)14-20)5-7-27(39)37-24-6-4-21(25(15-24)29(31,32)33)17-38-10-8-34-9-11-38;1-2/h2-4,6,12-16,34H,5,7-11,17H2,1H3,(H,35,36)(H,37,39);1-2H3. The van der Waals surface area contributed by atoms with Crippen LogP contribution in [0.5, 0.6) is 0 Å². The number of carbonyl (C=O) groups is 1. The molecule has 41 heavy (non-hydrogen) atoms. The first-order chi connectivity index (χ1) is 19.7. The summed E-state index contributed by atoms with van der Waals surface area (Å²) in [6.45, 7) is 8.94. The number of anilines is 1. The van der Waals surface area contributed by atoms with E-state index < -0.39 is 23.5 Å². The predicted molar refractivity (Wildman–Crippen MR) is 154 cm³/mol. The molecule has 0 radical (unpaired) electrons. The highest BCUT2D eigenvalue weighted by atomic mass is 19.4. The number of nitrogens with zero attached hydrogens (tertiary/aromatic N) is 2. The minimum atomic E-state index is -4.55. The van der Waals surface area contributed by atoms with Gasteiger partial charge in [0.25, 0.3) is 0 Å². The summed E-state index contributed by atoms with van der Waals surface area (Å²) in [5.74, 6) is -0.943. The minimum absolute atomic E-state index is 0.0649. The SMILES string of the molecule is CC.Cc1cc2cc(-c3ccc(CCC(=O)Nc4ccc(CN5CCNCC5)c(C(F)(F)F)c4)c(F)c3)cnc2[nH]1. The van der Waals surface area contributed by atoms with Gasteiger partial charge in [0, 0.05) is 67.7 Å². The third kappa shape index (κ3) is 7.71. The maximum atomic E-state index is 14.9. The smallest absolute Gasteiger partial charge is 0.344 e. The van der Waals surface area contributed by atoms with E-state index in [1.165, 1.54) is 18.2 Å². The number of rotatable bonds is 7. The van der Waals surface area contributed by atoms with E-state index in [2.05, 4.69) is 20.6 Å². The summed E-state index contributed by atoms with van der Waals surface area (Å²) in [6, 6.07) is 12.6. The summed E-state index contributed by atoms with van der Waals surface area (Å²) in [4.78, 5) is 22.0. The van der Waals surface area contributed by atoms with E-state index in [1.54, 1.807) is 18.3 Å². The third-order valence-corrected chi connectivity index (χ3v) is 6.92. The quantitative estimate of drug-likeness (QED) is 0.217. The molecule has 2 aromatic carbocycles. The number of benzene rings is 2. The van der Waals surface area contributed by atoms with Crippen LogP contribution in [0.1, 0.15) is 42.7 Å². The summed E-state index contributed by atoms with van der Waals surface area (Å²) in [6.07, 6.45) is -2.84. The van der Waals surface area contributed by atoms with Crippen LogP contribution in [0.4, 0.5) is 23.2 Å². The lowest BCUT2D eigenvalue weighted by molar-refractivity contribution is -0.138. The molecule has 6 nitrogen and oxygen atoms in total. The van der Waals surface area contributed by atoms with Gasteiger partial charge in [0.05, 0.1) is 5.56 Å². The van der Waals surface area contributed by atoms with E-state index in [0.29, 0.717) is 24.2 Å². The Hall–Kier alpha value is -3.76. The largest absolute Gasteiger partial charge is 0.416 e. The number of nitrogens with one attached hydrogen (secondary N) is 3. The Bertz CT molecular complexity index is 1490. The van der Waals surface area contributed by atoms with Crippen molar-refractivity contribution in [3.05, 3.63) is 82.9 Å². The van der Waals surface area contributed by atoms with Crippen molar-refractivity contribution in [3.63, 3.8) is 0 Å². The van der Waals surface area contributed by atoms with Crippen molar-refractivity contribution >= 4 is 22.6 Å². The Balaban J connectivity index is 0.00000189. The van der Waals surface area contributed by atoms with Gasteiger partial charge in [-0.2, -0.15) is 13.2 Å². The van der Waals surface area contributed by atoms with Gasteiger partial charge in [-0.05, 0) is 60.4 Å². The minimum Gasteiger partial charge on any atom is -0.344 e. The zero-order valence-electron chi connectivity index (χ0n) is 23.5. The van der Waals surface area contributed by atoms with E-state index in [-0.39, 0.29) is 30.6 Å². The number of pyridine rings is 1. The number of H-pyrrole nitrogens is 1. The second-order valence-electron chi connectivity index (χ2n) is 9.86. The number of hydrogen-bond donors (Lipinski definition) is 3. The summed E-state index contributed by atoms with van der Waals surface area (Å²) in [7, 11) is 0. The Kier molecular flexibility index (Phi) is 9.77. The molecule has 0 aliphatic carbocycles. The molecule has 3 N–H and O–H groups in total. The fraction of sp³-hybridized carbons (Fsp3) is 0.355. The zero-order valence-corrected chi connectivity index (χ0v) is 23.5. The molecule has 218 valence electrons. The lowest BCUT2D eigenvalue weighted by Gasteiger charge is -2.28. The topological polar surface area (TPSA) is 73.1 Å². The Labute approximate surface area is 237 Å². The molecular formula is C31H35F4N5O. The number of piperazine rings is 1. The maximum absolute atomic E-state index is 14.9. The molecule has 0 atom stereocenters. The lowest BCUT2D eigenvalue weighted by atomic mass is 10.0. The molecular weight excluding hydrogens is 534 g/mol. The molecule has 0 spiro atoms. The lowest BCUT2D eigenvalue weighted by Crippen LogP contribution is -2.43.